The summed E-state index contributed by atoms with van der Waals surface area (Å²) in [6.07, 6.45) is 0.933. The minimum atomic E-state index is -0.299. The molecule has 0 saturated carbocycles. The Labute approximate surface area is 99.6 Å². The molecule has 0 heterocycles. The maximum absolute atomic E-state index is 13.4. The highest BCUT2D eigenvalue weighted by Crippen LogP contribution is 2.17. The van der Waals surface area contributed by atoms with Crippen LogP contribution < -0.4 is 5.73 Å². The second kappa shape index (κ2) is 6.51. The molecule has 1 unspecified atom stereocenters. The van der Waals surface area contributed by atoms with Crippen molar-refractivity contribution < 1.29 is 4.39 Å². The van der Waals surface area contributed by atoms with Gasteiger partial charge in [0.25, 0.3) is 0 Å². The van der Waals surface area contributed by atoms with E-state index in [1.54, 1.807) is 23.9 Å². The topological polar surface area (TPSA) is 49.8 Å². The summed E-state index contributed by atoms with van der Waals surface area (Å²) in [5.41, 5.74) is 6.63. The van der Waals surface area contributed by atoms with Crippen LogP contribution in [0.3, 0.4) is 0 Å². The van der Waals surface area contributed by atoms with Gasteiger partial charge in [0.2, 0.25) is 0 Å². The number of rotatable bonds is 5. The van der Waals surface area contributed by atoms with Gasteiger partial charge in [0.1, 0.15) is 5.82 Å². The van der Waals surface area contributed by atoms with Crippen LogP contribution in [0.5, 0.6) is 0 Å². The number of hydrogen-bond acceptors (Lipinski definition) is 3. The summed E-state index contributed by atoms with van der Waals surface area (Å²) in [5.74, 6) is 1.26. The summed E-state index contributed by atoms with van der Waals surface area (Å²) in [6, 6.07) is 6.70. The number of nitriles is 1. The van der Waals surface area contributed by atoms with Crippen molar-refractivity contribution in [2.24, 2.45) is 5.73 Å². The third kappa shape index (κ3) is 4.21. The SMILES string of the molecule is CC(N)CCSCc1ccc(C#N)cc1F. The maximum atomic E-state index is 13.4. The third-order valence-electron chi connectivity index (χ3n) is 2.16. The number of nitrogens with two attached hydrogens (primary N) is 1. The Balaban J connectivity index is 2.46. The molecule has 2 N–H and O–H groups in total. The van der Waals surface area contributed by atoms with Gasteiger partial charge in [-0.2, -0.15) is 17.0 Å². The Hall–Kier alpha value is -1.05. The Morgan fingerprint density at radius 1 is 1.56 bits per heavy atom. The summed E-state index contributed by atoms with van der Waals surface area (Å²) in [5, 5.41) is 8.59. The molecule has 0 spiro atoms. The smallest absolute Gasteiger partial charge is 0.128 e. The van der Waals surface area contributed by atoms with Gasteiger partial charge >= 0.3 is 0 Å². The summed E-state index contributed by atoms with van der Waals surface area (Å²) in [4.78, 5) is 0. The van der Waals surface area contributed by atoms with Gasteiger partial charge in [-0.3, -0.25) is 0 Å². The normalized spacial score (nSPS) is 12.1. The van der Waals surface area contributed by atoms with Gasteiger partial charge in [-0.25, -0.2) is 4.39 Å². The lowest BCUT2D eigenvalue weighted by molar-refractivity contribution is 0.617. The van der Waals surface area contributed by atoms with Crippen molar-refractivity contribution in [1.29, 1.82) is 5.26 Å². The molecule has 0 aromatic heterocycles. The molecule has 0 amide bonds. The second-order valence-electron chi connectivity index (χ2n) is 3.74. The van der Waals surface area contributed by atoms with E-state index in [4.69, 9.17) is 11.0 Å². The van der Waals surface area contributed by atoms with Crippen LogP contribution in [-0.2, 0) is 5.75 Å². The number of halogens is 1. The summed E-state index contributed by atoms with van der Waals surface area (Å²) in [7, 11) is 0. The zero-order valence-electron chi connectivity index (χ0n) is 9.24. The molecule has 2 nitrogen and oxygen atoms in total. The largest absolute Gasteiger partial charge is 0.328 e. The molecule has 0 fully saturated rings. The van der Waals surface area contributed by atoms with Gasteiger partial charge in [-0.1, -0.05) is 6.07 Å². The van der Waals surface area contributed by atoms with E-state index in [1.807, 2.05) is 13.0 Å². The molecule has 0 aliphatic rings. The number of thioether (sulfide) groups is 1. The van der Waals surface area contributed by atoms with Gasteiger partial charge in [0.15, 0.2) is 0 Å². The van der Waals surface area contributed by atoms with E-state index in [9.17, 15) is 4.39 Å². The van der Waals surface area contributed by atoms with Crippen LogP contribution in [0.1, 0.15) is 24.5 Å². The second-order valence-corrected chi connectivity index (χ2v) is 4.84. The number of hydrogen-bond donors (Lipinski definition) is 1. The molecule has 0 aliphatic heterocycles. The lowest BCUT2D eigenvalue weighted by Gasteiger charge is -2.05. The van der Waals surface area contributed by atoms with Crippen molar-refractivity contribution in [3.63, 3.8) is 0 Å². The van der Waals surface area contributed by atoms with E-state index >= 15 is 0 Å². The first-order chi connectivity index (χ1) is 7.63. The van der Waals surface area contributed by atoms with Crippen molar-refractivity contribution in [2.45, 2.75) is 25.1 Å². The predicted molar refractivity (Wildman–Crippen MR) is 65.5 cm³/mol. The molecule has 4 heteroatoms. The fourth-order valence-corrected chi connectivity index (χ4v) is 2.32. The van der Waals surface area contributed by atoms with Gasteiger partial charge in [0, 0.05) is 11.8 Å². The van der Waals surface area contributed by atoms with Crippen LogP contribution in [0, 0.1) is 17.1 Å². The van der Waals surface area contributed by atoms with Crippen LogP contribution in [0.4, 0.5) is 4.39 Å². The molecule has 0 saturated heterocycles. The molecule has 0 bridgehead atoms. The Kier molecular flexibility index (Phi) is 5.30. The number of nitrogens with zero attached hydrogens (tertiary/aromatic N) is 1. The van der Waals surface area contributed by atoms with Gasteiger partial charge < -0.3 is 5.73 Å². The standard InChI is InChI=1S/C12H15FN2S/c1-9(15)4-5-16-8-11-3-2-10(7-14)6-12(11)13/h2-3,6,9H,4-5,8,15H2,1H3. The Bertz CT molecular complexity index is 385. The van der Waals surface area contributed by atoms with Gasteiger partial charge in [-0.15, -0.1) is 0 Å². The van der Waals surface area contributed by atoms with Crippen LogP contribution >= 0.6 is 11.8 Å². The Morgan fingerprint density at radius 3 is 2.88 bits per heavy atom. The van der Waals surface area contributed by atoms with E-state index in [0.717, 1.165) is 12.2 Å². The zero-order valence-corrected chi connectivity index (χ0v) is 10.1. The van der Waals surface area contributed by atoms with E-state index in [-0.39, 0.29) is 11.9 Å². The average molecular weight is 238 g/mol. The summed E-state index contributed by atoms with van der Waals surface area (Å²) >= 11 is 1.66. The number of benzene rings is 1. The fourth-order valence-electron chi connectivity index (χ4n) is 1.19. The first kappa shape index (κ1) is 13.0. The zero-order chi connectivity index (χ0) is 12.0. The molecule has 86 valence electrons. The molecular formula is C12H15FN2S. The molecular weight excluding hydrogens is 223 g/mol. The molecule has 16 heavy (non-hydrogen) atoms. The third-order valence-corrected chi connectivity index (χ3v) is 3.20. The van der Waals surface area contributed by atoms with Crippen molar-refractivity contribution in [1.82, 2.24) is 0 Å². The lowest BCUT2D eigenvalue weighted by Crippen LogP contribution is -2.15. The van der Waals surface area contributed by atoms with Gasteiger partial charge in [0.05, 0.1) is 11.6 Å². The van der Waals surface area contributed by atoms with E-state index in [0.29, 0.717) is 16.9 Å². The summed E-state index contributed by atoms with van der Waals surface area (Å²) < 4.78 is 13.4. The van der Waals surface area contributed by atoms with Crippen LogP contribution in [0.2, 0.25) is 0 Å². The van der Waals surface area contributed by atoms with Crippen LogP contribution in [0.15, 0.2) is 18.2 Å². The van der Waals surface area contributed by atoms with Crippen LogP contribution in [0.25, 0.3) is 0 Å². The monoisotopic (exact) mass is 238 g/mol. The Morgan fingerprint density at radius 2 is 2.31 bits per heavy atom. The van der Waals surface area contributed by atoms with E-state index < -0.39 is 0 Å². The van der Waals surface area contributed by atoms with Crippen molar-refractivity contribution in [3.05, 3.63) is 35.1 Å². The first-order valence-corrected chi connectivity index (χ1v) is 6.31. The molecule has 1 aromatic carbocycles. The quantitative estimate of drug-likeness (QED) is 0.802. The van der Waals surface area contributed by atoms with Crippen molar-refractivity contribution >= 4 is 11.8 Å². The van der Waals surface area contributed by atoms with Crippen LogP contribution in [-0.4, -0.2) is 11.8 Å². The molecule has 1 aromatic rings. The fraction of sp³-hybridized carbons (Fsp3) is 0.417. The highest BCUT2D eigenvalue weighted by atomic mass is 32.2. The average Bonchev–Trinajstić information content (AvgIpc) is 2.25. The lowest BCUT2D eigenvalue weighted by atomic mass is 10.1. The summed E-state index contributed by atoms with van der Waals surface area (Å²) in [6.45, 7) is 1.96. The first-order valence-electron chi connectivity index (χ1n) is 5.15. The minimum Gasteiger partial charge on any atom is -0.328 e. The predicted octanol–water partition coefficient (Wildman–Crippen LogP) is 2.67. The molecule has 0 aliphatic carbocycles. The van der Waals surface area contributed by atoms with Crippen molar-refractivity contribution in [3.8, 4) is 6.07 Å². The molecule has 1 atom stereocenters. The van der Waals surface area contributed by atoms with E-state index in [1.165, 1.54) is 6.07 Å². The highest BCUT2D eigenvalue weighted by molar-refractivity contribution is 7.98. The molecule has 1 rings (SSSR count). The molecule has 0 radical (unpaired) electrons. The van der Waals surface area contributed by atoms with Gasteiger partial charge in [-0.05, 0) is 36.8 Å². The minimum absolute atomic E-state index is 0.193. The highest BCUT2D eigenvalue weighted by Gasteiger charge is 2.03. The van der Waals surface area contributed by atoms with Crippen molar-refractivity contribution in [2.75, 3.05) is 5.75 Å². The van der Waals surface area contributed by atoms with E-state index in [2.05, 4.69) is 0 Å². The maximum Gasteiger partial charge on any atom is 0.128 e.